The van der Waals surface area contributed by atoms with Crippen LogP contribution in [0.15, 0.2) is 29.3 Å². The summed E-state index contributed by atoms with van der Waals surface area (Å²) in [4.78, 5) is 7.16. The van der Waals surface area contributed by atoms with Gasteiger partial charge in [0.2, 0.25) is 0 Å². The van der Waals surface area contributed by atoms with Crippen molar-refractivity contribution in [1.29, 1.82) is 0 Å². The Kier molecular flexibility index (Phi) is 5.29. The number of nitrogens with zero attached hydrogens (tertiary/aromatic N) is 2. The standard InChI is InChI=1S/C24H36N4O/c1-17-5-3-6-18(15-17)16-28-12-7-19(8-13-28)26-23(25-2)27-21-20-9-14-29-22(20)24(21)10-4-11-24/h3,5-6,15,19-22H,4,7-14,16H2,1-2H3,(H2,25,26,27). The smallest absolute Gasteiger partial charge is 0.191 e. The van der Waals surface area contributed by atoms with Gasteiger partial charge in [-0.05, 0) is 44.6 Å². The molecular weight excluding hydrogens is 360 g/mol. The average molecular weight is 397 g/mol. The summed E-state index contributed by atoms with van der Waals surface area (Å²) in [5.74, 6) is 1.69. The van der Waals surface area contributed by atoms with E-state index in [1.54, 1.807) is 0 Å². The van der Waals surface area contributed by atoms with Crippen LogP contribution in [0.2, 0.25) is 0 Å². The highest BCUT2D eigenvalue weighted by Gasteiger charge is 2.66. The lowest BCUT2D eigenvalue weighted by atomic mass is 9.46. The van der Waals surface area contributed by atoms with Crippen molar-refractivity contribution in [2.24, 2.45) is 16.3 Å². The van der Waals surface area contributed by atoms with Gasteiger partial charge in [0.15, 0.2) is 5.96 Å². The molecule has 1 aromatic rings. The quantitative estimate of drug-likeness (QED) is 0.607. The van der Waals surface area contributed by atoms with Crippen molar-refractivity contribution < 1.29 is 4.74 Å². The monoisotopic (exact) mass is 396 g/mol. The molecule has 1 aromatic carbocycles. The summed E-state index contributed by atoms with van der Waals surface area (Å²) in [5, 5.41) is 7.55. The fourth-order valence-corrected chi connectivity index (χ4v) is 6.27. The summed E-state index contributed by atoms with van der Waals surface area (Å²) in [5.41, 5.74) is 3.18. The molecule has 29 heavy (non-hydrogen) atoms. The van der Waals surface area contributed by atoms with Gasteiger partial charge in [-0.25, -0.2) is 0 Å². The Hall–Kier alpha value is -1.59. The number of aryl methyl sites for hydroxylation is 1. The number of hydrogen-bond acceptors (Lipinski definition) is 3. The summed E-state index contributed by atoms with van der Waals surface area (Å²) in [6.07, 6.45) is 8.07. The van der Waals surface area contributed by atoms with Gasteiger partial charge in [0.05, 0.1) is 6.10 Å². The first-order chi connectivity index (χ1) is 14.2. The second-order valence-electron chi connectivity index (χ2n) is 9.71. The van der Waals surface area contributed by atoms with Gasteiger partial charge in [0, 0.05) is 56.7 Å². The summed E-state index contributed by atoms with van der Waals surface area (Å²) < 4.78 is 6.07. The van der Waals surface area contributed by atoms with E-state index in [-0.39, 0.29) is 0 Å². The third-order valence-electron chi connectivity index (χ3n) is 7.97. The normalized spacial score (nSPS) is 31.8. The number of nitrogens with one attached hydrogen (secondary N) is 2. The Morgan fingerprint density at radius 2 is 2.03 bits per heavy atom. The van der Waals surface area contributed by atoms with E-state index >= 15 is 0 Å². The van der Waals surface area contributed by atoms with Crippen LogP contribution in [0.25, 0.3) is 0 Å². The van der Waals surface area contributed by atoms with Crippen LogP contribution in [-0.4, -0.2) is 55.8 Å². The Bertz CT molecular complexity index is 751. The molecule has 2 aliphatic heterocycles. The van der Waals surface area contributed by atoms with E-state index in [1.165, 1.54) is 49.7 Å². The molecule has 5 heteroatoms. The molecule has 3 atom stereocenters. The Balaban J connectivity index is 1.12. The molecule has 2 N–H and O–H groups in total. The molecule has 1 spiro atoms. The van der Waals surface area contributed by atoms with Crippen molar-refractivity contribution >= 4 is 5.96 Å². The highest BCUT2D eigenvalue weighted by Crippen LogP contribution is 2.62. The second-order valence-corrected chi connectivity index (χ2v) is 9.71. The topological polar surface area (TPSA) is 48.9 Å². The van der Waals surface area contributed by atoms with Gasteiger partial charge in [-0.2, -0.15) is 0 Å². The third kappa shape index (κ3) is 3.57. The highest BCUT2D eigenvalue weighted by atomic mass is 16.5. The van der Waals surface area contributed by atoms with Crippen LogP contribution in [-0.2, 0) is 11.3 Å². The summed E-state index contributed by atoms with van der Waals surface area (Å²) >= 11 is 0. The SMILES string of the molecule is CN=C(NC1CCN(Cc2cccc(C)c2)CC1)NC1C2CCOC2C12CCC2. The molecule has 2 aliphatic carbocycles. The summed E-state index contributed by atoms with van der Waals surface area (Å²) in [7, 11) is 1.91. The summed E-state index contributed by atoms with van der Waals surface area (Å²) in [6.45, 7) is 6.48. The highest BCUT2D eigenvalue weighted by molar-refractivity contribution is 5.80. The molecule has 158 valence electrons. The van der Waals surface area contributed by atoms with Gasteiger partial charge in [-0.15, -0.1) is 0 Å². The molecule has 5 nitrogen and oxygen atoms in total. The van der Waals surface area contributed by atoms with Crippen LogP contribution < -0.4 is 10.6 Å². The van der Waals surface area contributed by atoms with Crippen LogP contribution in [0.1, 0.15) is 49.7 Å². The number of guanidine groups is 1. The zero-order valence-electron chi connectivity index (χ0n) is 18.0. The number of benzene rings is 1. The second kappa shape index (κ2) is 7.92. The molecular formula is C24H36N4O. The number of likely N-dealkylation sites (tertiary alicyclic amines) is 1. The number of rotatable bonds is 4. The molecule has 3 unspecified atom stereocenters. The first-order valence-electron chi connectivity index (χ1n) is 11.6. The number of aliphatic imine (C=N–C) groups is 1. The molecule has 0 aromatic heterocycles. The predicted molar refractivity (Wildman–Crippen MR) is 117 cm³/mol. The van der Waals surface area contributed by atoms with Crippen molar-refractivity contribution in [2.75, 3.05) is 26.7 Å². The lowest BCUT2D eigenvalue weighted by Crippen LogP contribution is -2.72. The van der Waals surface area contributed by atoms with E-state index in [1.807, 2.05) is 7.05 Å². The number of fused-ring (bicyclic) bond motifs is 2. The minimum absolute atomic E-state index is 0.399. The summed E-state index contributed by atoms with van der Waals surface area (Å²) in [6, 6.07) is 9.97. The van der Waals surface area contributed by atoms with E-state index in [2.05, 4.69) is 51.7 Å². The Labute approximate surface area is 175 Å². The molecule has 0 radical (unpaired) electrons. The van der Waals surface area contributed by atoms with Crippen molar-refractivity contribution in [3.05, 3.63) is 35.4 Å². The molecule has 5 rings (SSSR count). The van der Waals surface area contributed by atoms with E-state index in [9.17, 15) is 0 Å². The van der Waals surface area contributed by atoms with Crippen molar-refractivity contribution in [3.63, 3.8) is 0 Å². The molecule has 0 bridgehead atoms. The first-order valence-corrected chi connectivity index (χ1v) is 11.6. The third-order valence-corrected chi connectivity index (χ3v) is 7.97. The van der Waals surface area contributed by atoms with Crippen LogP contribution in [0.4, 0.5) is 0 Å². The minimum atomic E-state index is 0.399. The van der Waals surface area contributed by atoms with Gasteiger partial charge in [0.25, 0.3) is 0 Å². The molecule has 2 saturated heterocycles. The van der Waals surface area contributed by atoms with Crippen molar-refractivity contribution in [2.45, 2.75) is 70.2 Å². The van der Waals surface area contributed by atoms with E-state index < -0.39 is 0 Å². The molecule has 2 saturated carbocycles. The lowest BCUT2D eigenvalue weighted by Gasteiger charge is -2.63. The lowest BCUT2D eigenvalue weighted by molar-refractivity contribution is -0.171. The van der Waals surface area contributed by atoms with Crippen molar-refractivity contribution in [3.8, 4) is 0 Å². The van der Waals surface area contributed by atoms with Crippen LogP contribution in [0.3, 0.4) is 0 Å². The number of hydrogen-bond donors (Lipinski definition) is 2. The largest absolute Gasteiger partial charge is 0.377 e. The molecule has 4 aliphatic rings. The zero-order chi connectivity index (χ0) is 19.8. The van der Waals surface area contributed by atoms with Crippen LogP contribution in [0.5, 0.6) is 0 Å². The van der Waals surface area contributed by atoms with Gasteiger partial charge in [-0.1, -0.05) is 36.2 Å². The van der Waals surface area contributed by atoms with Gasteiger partial charge < -0.3 is 15.4 Å². The fourth-order valence-electron chi connectivity index (χ4n) is 6.27. The van der Waals surface area contributed by atoms with E-state index in [4.69, 9.17) is 4.74 Å². The van der Waals surface area contributed by atoms with Gasteiger partial charge >= 0.3 is 0 Å². The Morgan fingerprint density at radius 3 is 2.72 bits per heavy atom. The van der Waals surface area contributed by atoms with E-state index in [0.29, 0.717) is 29.5 Å². The molecule has 4 fully saturated rings. The predicted octanol–water partition coefficient (Wildman–Crippen LogP) is 3.08. The van der Waals surface area contributed by atoms with Crippen LogP contribution in [0, 0.1) is 18.3 Å². The molecule has 0 amide bonds. The van der Waals surface area contributed by atoms with Crippen molar-refractivity contribution in [1.82, 2.24) is 15.5 Å². The van der Waals surface area contributed by atoms with Crippen LogP contribution >= 0.6 is 0 Å². The Morgan fingerprint density at radius 1 is 1.21 bits per heavy atom. The zero-order valence-corrected chi connectivity index (χ0v) is 18.0. The maximum Gasteiger partial charge on any atom is 0.191 e. The minimum Gasteiger partial charge on any atom is -0.377 e. The number of piperidine rings is 1. The average Bonchev–Trinajstić information content (AvgIpc) is 3.10. The fraction of sp³-hybridized carbons (Fsp3) is 0.708. The number of ether oxygens (including phenoxy) is 1. The van der Waals surface area contributed by atoms with Gasteiger partial charge in [-0.3, -0.25) is 9.89 Å². The molecule has 2 heterocycles. The first kappa shape index (κ1) is 19.4. The van der Waals surface area contributed by atoms with Gasteiger partial charge in [0.1, 0.15) is 0 Å². The maximum absolute atomic E-state index is 6.07. The van der Waals surface area contributed by atoms with E-state index in [0.717, 1.165) is 32.2 Å². The maximum atomic E-state index is 6.07.